The molecule has 0 heterocycles. The van der Waals surface area contributed by atoms with E-state index >= 15 is 0 Å². The van der Waals surface area contributed by atoms with Gasteiger partial charge in [0.15, 0.2) is 5.84 Å². The predicted molar refractivity (Wildman–Crippen MR) is 34.3 cm³/mol. The van der Waals surface area contributed by atoms with Gasteiger partial charge in [0, 0.05) is 0 Å². The lowest BCUT2D eigenvalue weighted by molar-refractivity contribution is -0.120. The first-order chi connectivity index (χ1) is 4.63. The Hall–Kier alpha value is -1.26. The van der Waals surface area contributed by atoms with Crippen molar-refractivity contribution in [3.05, 3.63) is 0 Å². The molecule has 56 valence electrons. The average Bonchev–Trinajstić information content (AvgIpc) is 2.65. The third kappa shape index (κ3) is 0.706. The monoisotopic (exact) mass is 143 g/mol. The molecule has 0 spiro atoms. The molecule has 5 N–H and O–H groups in total. The van der Waals surface area contributed by atoms with E-state index in [1.165, 1.54) is 0 Å². The fraction of sp³-hybridized carbons (Fsp3) is 0.600. The van der Waals surface area contributed by atoms with Gasteiger partial charge in [-0.05, 0) is 12.8 Å². The number of carbonyl (C=O) groups excluding carboxylic acids is 1. The Labute approximate surface area is 57.7 Å². The highest BCUT2D eigenvalue weighted by molar-refractivity contribution is 6.08. The summed E-state index contributed by atoms with van der Waals surface area (Å²) in [6, 6.07) is 0. The van der Waals surface area contributed by atoms with Crippen LogP contribution in [0.4, 0.5) is 0 Å². The van der Waals surface area contributed by atoms with E-state index < -0.39 is 11.3 Å². The summed E-state index contributed by atoms with van der Waals surface area (Å²) in [5.41, 5.74) is 9.39. The van der Waals surface area contributed by atoms with E-state index in [2.05, 4.69) is 5.16 Å². The summed E-state index contributed by atoms with van der Waals surface area (Å²) in [4.78, 5) is 10.6. The van der Waals surface area contributed by atoms with Crippen LogP contribution in [0.2, 0.25) is 0 Å². The van der Waals surface area contributed by atoms with Crippen molar-refractivity contribution in [2.75, 3.05) is 0 Å². The topological polar surface area (TPSA) is 102 Å². The Morgan fingerprint density at radius 1 is 1.50 bits per heavy atom. The van der Waals surface area contributed by atoms with Crippen molar-refractivity contribution in [3.63, 3.8) is 0 Å². The molecule has 0 aromatic rings. The lowest BCUT2D eigenvalue weighted by Crippen LogP contribution is -2.37. The first-order valence-corrected chi connectivity index (χ1v) is 2.91. The maximum Gasteiger partial charge on any atom is 0.231 e. The molecule has 1 rings (SSSR count). The molecule has 1 fully saturated rings. The first-order valence-electron chi connectivity index (χ1n) is 2.91. The fourth-order valence-corrected chi connectivity index (χ4v) is 0.849. The molecule has 5 heteroatoms. The van der Waals surface area contributed by atoms with Gasteiger partial charge in [-0.3, -0.25) is 4.79 Å². The largest absolute Gasteiger partial charge is 0.409 e. The summed E-state index contributed by atoms with van der Waals surface area (Å²) >= 11 is 0. The molecule has 0 unspecified atom stereocenters. The van der Waals surface area contributed by atoms with Crippen LogP contribution in [0.3, 0.4) is 0 Å². The molecule has 0 bridgehead atoms. The predicted octanol–water partition coefficient (Wildman–Crippen LogP) is -1.00. The summed E-state index contributed by atoms with van der Waals surface area (Å²) in [6.45, 7) is 0. The molecular formula is C5H9N3O2. The van der Waals surface area contributed by atoms with Crippen LogP contribution in [0.5, 0.6) is 0 Å². The molecule has 1 aliphatic rings. The zero-order valence-electron chi connectivity index (χ0n) is 5.37. The zero-order valence-corrected chi connectivity index (χ0v) is 5.37. The number of amidine groups is 1. The second kappa shape index (κ2) is 1.86. The third-order valence-corrected chi connectivity index (χ3v) is 1.82. The van der Waals surface area contributed by atoms with Gasteiger partial charge < -0.3 is 16.7 Å². The van der Waals surface area contributed by atoms with Crippen molar-refractivity contribution in [3.8, 4) is 0 Å². The van der Waals surface area contributed by atoms with Gasteiger partial charge >= 0.3 is 0 Å². The van der Waals surface area contributed by atoms with E-state index in [0.29, 0.717) is 12.8 Å². The summed E-state index contributed by atoms with van der Waals surface area (Å²) < 4.78 is 0. The van der Waals surface area contributed by atoms with E-state index in [9.17, 15) is 4.79 Å². The summed E-state index contributed by atoms with van der Waals surface area (Å²) in [6.07, 6.45) is 1.19. The average molecular weight is 143 g/mol. The summed E-state index contributed by atoms with van der Waals surface area (Å²) in [7, 11) is 0. The van der Waals surface area contributed by atoms with E-state index in [-0.39, 0.29) is 5.84 Å². The normalized spacial score (nSPS) is 22.2. The van der Waals surface area contributed by atoms with Crippen LogP contribution >= 0.6 is 0 Å². The van der Waals surface area contributed by atoms with Gasteiger partial charge in [-0.15, -0.1) is 0 Å². The Morgan fingerprint density at radius 3 is 2.10 bits per heavy atom. The molecular weight excluding hydrogens is 134 g/mol. The number of amides is 1. The molecule has 0 saturated heterocycles. The minimum atomic E-state index is -0.825. The number of nitrogens with zero attached hydrogens (tertiary/aromatic N) is 1. The van der Waals surface area contributed by atoms with Crippen molar-refractivity contribution in [1.29, 1.82) is 0 Å². The van der Waals surface area contributed by atoms with Gasteiger partial charge in [-0.1, -0.05) is 5.16 Å². The van der Waals surface area contributed by atoms with Crippen LogP contribution < -0.4 is 11.5 Å². The molecule has 1 saturated carbocycles. The van der Waals surface area contributed by atoms with Crippen molar-refractivity contribution in [2.45, 2.75) is 12.8 Å². The second-order valence-corrected chi connectivity index (χ2v) is 2.43. The quantitative estimate of drug-likeness (QED) is 0.200. The lowest BCUT2D eigenvalue weighted by Gasteiger charge is -2.06. The van der Waals surface area contributed by atoms with Crippen molar-refractivity contribution in [2.24, 2.45) is 22.0 Å². The first kappa shape index (κ1) is 6.85. The van der Waals surface area contributed by atoms with Crippen LogP contribution in [0.25, 0.3) is 0 Å². The van der Waals surface area contributed by atoms with Gasteiger partial charge in [0.05, 0.1) is 0 Å². The lowest BCUT2D eigenvalue weighted by atomic mass is 10.1. The minimum absolute atomic E-state index is 0.0694. The second-order valence-electron chi connectivity index (χ2n) is 2.43. The van der Waals surface area contributed by atoms with Gasteiger partial charge in [0.25, 0.3) is 0 Å². The van der Waals surface area contributed by atoms with Crippen molar-refractivity contribution < 1.29 is 10.0 Å². The molecule has 0 radical (unpaired) electrons. The van der Waals surface area contributed by atoms with Crippen LogP contribution in [0.1, 0.15) is 12.8 Å². The highest BCUT2D eigenvalue weighted by atomic mass is 16.4. The molecule has 0 aromatic heterocycles. The molecule has 0 aromatic carbocycles. The van der Waals surface area contributed by atoms with E-state index in [1.807, 2.05) is 0 Å². The van der Waals surface area contributed by atoms with E-state index in [0.717, 1.165) is 0 Å². The van der Waals surface area contributed by atoms with Gasteiger partial charge in [-0.25, -0.2) is 0 Å². The highest BCUT2D eigenvalue weighted by Gasteiger charge is 2.52. The maximum atomic E-state index is 10.6. The third-order valence-electron chi connectivity index (χ3n) is 1.82. The fourth-order valence-electron chi connectivity index (χ4n) is 0.849. The summed E-state index contributed by atoms with van der Waals surface area (Å²) in [5, 5.41) is 11.0. The van der Waals surface area contributed by atoms with Crippen LogP contribution in [0, 0.1) is 5.41 Å². The van der Waals surface area contributed by atoms with Gasteiger partial charge in [-0.2, -0.15) is 0 Å². The van der Waals surface area contributed by atoms with Crippen molar-refractivity contribution >= 4 is 11.7 Å². The highest BCUT2D eigenvalue weighted by Crippen LogP contribution is 2.45. The Bertz CT molecular complexity index is 195. The number of hydrogen-bond donors (Lipinski definition) is 3. The number of hydrogen-bond acceptors (Lipinski definition) is 3. The molecule has 0 atom stereocenters. The standard InChI is InChI=1S/C5H9N3O2/c6-3(8-10)5(1-2-5)4(7)9/h10H,1-2H2,(H2,6,8)(H2,7,9). The van der Waals surface area contributed by atoms with E-state index in [4.69, 9.17) is 16.7 Å². The van der Waals surface area contributed by atoms with Crippen LogP contribution in [-0.4, -0.2) is 17.0 Å². The number of carbonyl (C=O) groups is 1. The van der Waals surface area contributed by atoms with Gasteiger partial charge in [0.1, 0.15) is 5.41 Å². The minimum Gasteiger partial charge on any atom is -0.409 e. The Morgan fingerprint density at radius 2 is 2.00 bits per heavy atom. The number of rotatable bonds is 2. The molecule has 10 heavy (non-hydrogen) atoms. The number of oxime groups is 1. The van der Waals surface area contributed by atoms with Gasteiger partial charge in [0.2, 0.25) is 5.91 Å². The van der Waals surface area contributed by atoms with E-state index in [1.54, 1.807) is 0 Å². The Balaban J connectivity index is 2.79. The Kier molecular flexibility index (Phi) is 1.28. The molecule has 0 aliphatic heterocycles. The number of primary amides is 1. The number of nitrogens with two attached hydrogens (primary N) is 2. The van der Waals surface area contributed by atoms with Crippen molar-refractivity contribution in [1.82, 2.24) is 0 Å². The van der Waals surface area contributed by atoms with Crippen LogP contribution in [-0.2, 0) is 4.79 Å². The maximum absolute atomic E-state index is 10.6. The zero-order chi connectivity index (χ0) is 7.78. The molecule has 1 aliphatic carbocycles. The smallest absolute Gasteiger partial charge is 0.231 e. The molecule has 1 amide bonds. The van der Waals surface area contributed by atoms with Crippen LogP contribution in [0.15, 0.2) is 5.16 Å². The SMILES string of the molecule is NC(=O)C1(/C(N)=N/O)CC1. The summed E-state index contributed by atoms with van der Waals surface area (Å²) in [5.74, 6) is -0.581. The molecule has 5 nitrogen and oxygen atoms in total.